The number of carbonyl (C=O) groups is 3. The lowest BCUT2D eigenvalue weighted by Gasteiger charge is -2.23. The Morgan fingerprint density at radius 2 is 1.76 bits per heavy atom. The monoisotopic (exact) mass is 622 g/mol. The number of nitrogens with zero attached hydrogens (tertiary/aromatic N) is 2. The second-order valence-electron chi connectivity index (χ2n) is 9.55. The zero-order valence-corrected chi connectivity index (χ0v) is 25.0. The molecule has 0 spiro atoms. The molecule has 0 saturated carbocycles. The summed E-state index contributed by atoms with van der Waals surface area (Å²) in [6.45, 7) is 3.96. The van der Waals surface area contributed by atoms with Crippen LogP contribution in [0.2, 0.25) is 10.0 Å². The summed E-state index contributed by atoms with van der Waals surface area (Å²) in [5.41, 5.74) is 3.01. The molecule has 0 aliphatic carbocycles. The van der Waals surface area contributed by atoms with Gasteiger partial charge in [0, 0.05) is 5.56 Å². The molecule has 8 nitrogen and oxygen atoms in total. The van der Waals surface area contributed by atoms with Gasteiger partial charge in [0.1, 0.15) is 23.0 Å². The Balaban J connectivity index is 1.55. The summed E-state index contributed by atoms with van der Waals surface area (Å²) in [5.74, 6) is -2.29. The van der Waals surface area contributed by atoms with E-state index in [1.807, 2.05) is 31.2 Å². The van der Waals surface area contributed by atoms with Crippen molar-refractivity contribution in [3.63, 3.8) is 0 Å². The van der Waals surface area contributed by atoms with Crippen LogP contribution >= 0.6 is 34.5 Å². The van der Waals surface area contributed by atoms with E-state index in [0.29, 0.717) is 29.2 Å². The summed E-state index contributed by atoms with van der Waals surface area (Å²) in [6, 6.07) is 18.0. The number of Topliss-reactive ketones (excluding diaryl/α,β-unsaturated/α-hetero) is 1. The van der Waals surface area contributed by atoms with Crippen molar-refractivity contribution in [2.45, 2.75) is 26.5 Å². The maximum atomic E-state index is 13.5. The summed E-state index contributed by atoms with van der Waals surface area (Å²) in [6.07, 6.45) is 0. The van der Waals surface area contributed by atoms with E-state index >= 15 is 0 Å². The first-order chi connectivity index (χ1) is 20.1. The number of aromatic nitrogens is 1. The molecule has 2 heterocycles. The van der Waals surface area contributed by atoms with Gasteiger partial charge < -0.3 is 14.6 Å². The lowest BCUT2D eigenvalue weighted by molar-refractivity contribution is -0.132. The zero-order valence-electron chi connectivity index (χ0n) is 22.7. The van der Waals surface area contributed by atoms with Crippen LogP contribution in [0.25, 0.3) is 5.76 Å². The SMILES string of the molecule is COC(=O)c1sc(N2C(=O)C(=O)C(=C(O)c3ccc(OCc4cccc(C)c4)cc3)C2c2ccc(Cl)c(Cl)c2)nc1C. The van der Waals surface area contributed by atoms with Crippen molar-refractivity contribution in [1.82, 2.24) is 4.98 Å². The van der Waals surface area contributed by atoms with Crippen molar-refractivity contribution in [3.05, 3.63) is 115 Å². The molecule has 3 aromatic carbocycles. The molecule has 4 aromatic rings. The van der Waals surface area contributed by atoms with Gasteiger partial charge in [-0.05, 0) is 61.4 Å². The molecule has 11 heteroatoms. The number of methoxy groups -OCH3 is 1. The fraction of sp³-hybridized carbons (Fsp3) is 0.161. The van der Waals surface area contributed by atoms with Gasteiger partial charge in [-0.15, -0.1) is 0 Å². The Bertz CT molecular complexity index is 1750. The van der Waals surface area contributed by atoms with Gasteiger partial charge in [-0.25, -0.2) is 9.78 Å². The normalized spacial score (nSPS) is 16.1. The fourth-order valence-electron chi connectivity index (χ4n) is 4.63. The van der Waals surface area contributed by atoms with Gasteiger partial charge in [-0.3, -0.25) is 14.5 Å². The second-order valence-corrected chi connectivity index (χ2v) is 11.3. The van der Waals surface area contributed by atoms with Crippen molar-refractivity contribution in [3.8, 4) is 5.75 Å². The van der Waals surface area contributed by atoms with Crippen molar-refractivity contribution in [2.24, 2.45) is 0 Å². The molecule has 5 rings (SSSR count). The maximum Gasteiger partial charge on any atom is 0.350 e. The smallest absolute Gasteiger partial charge is 0.350 e. The lowest BCUT2D eigenvalue weighted by Crippen LogP contribution is -2.29. The third-order valence-electron chi connectivity index (χ3n) is 6.68. The molecule has 1 saturated heterocycles. The van der Waals surface area contributed by atoms with E-state index in [-0.39, 0.29) is 25.6 Å². The molecule has 214 valence electrons. The Morgan fingerprint density at radius 3 is 2.43 bits per heavy atom. The molecule has 1 aliphatic heterocycles. The predicted molar refractivity (Wildman–Crippen MR) is 161 cm³/mol. The molecule has 1 amide bonds. The average molecular weight is 624 g/mol. The van der Waals surface area contributed by atoms with E-state index < -0.39 is 29.5 Å². The number of halogens is 2. The number of aliphatic hydroxyl groups is 1. The van der Waals surface area contributed by atoms with E-state index in [1.54, 1.807) is 37.3 Å². The number of esters is 1. The molecule has 1 aliphatic rings. The number of hydrogen-bond donors (Lipinski definition) is 1. The topological polar surface area (TPSA) is 106 Å². The van der Waals surface area contributed by atoms with Gasteiger partial charge in [-0.2, -0.15) is 0 Å². The number of thiazole rings is 1. The van der Waals surface area contributed by atoms with E-state index in [2.05, 4.69) is 4.98 Å². The van der Waals surface area contributed by atoms with Crippen LogP contribution in [-0.2, 0) is 20.9 Å². The van der Waals surface area contributed by atoms with E-state index in [1.165, 1.54) is 19.2 Å². The molecule has 42 heavy (non-hydrogen) atoms. The third kappa shape index (κ3) is 5.63. The summed E-state index contributed by atoms with van der Waals surface area (Å²) in [7, 11) is 1.24. The molecule has 1 atom stereocenters. The quantitative estimate of drug-likeness (QED) is 0.102. The molecule has 1 unspecified atom stereocenters. The summed E-state index contributed by atoms with van der Waals surface area (Å²) < 4.78 is 10.7. The number of rotatable bonds is 7. The van der Waals surface area contributed by atoms with E-state index in [9.17, 15) is 19.5 Å². The lowest BCUT2D eigenvalue weighted by atomic mass is 9.95. The molecular weight excluding hydrogens is 599 g/mol. The van der Waals surface area contributed by atoms with Gasteiger partial charge in [0.2, 0.25) is 0 Å². The van der Waals surface area contributed by atoms with Crippen LogP contribution in [0, 0.1) is 13.8 Å². The van der Waals surface area contributed by atoms with Crippen LogP contribution < -0.4 is 9.64 Å². The van der Waals surface area contributed by atoms with Crippen LogP contribution in [0.5, 0.6) is 5.75 Å². The minimum absolute atomic E-state index is 0.0880. The third-order valence-corrected chi connectivity index (χ3v) is 8.56. The number of benzene rings is 3. The van der Waals surface area contributed by atoms with Crippen molar-refractivity contribution in [1.29, 1.82) is 0 Å². The highest BCUT2D eigenvalue weighted by Gasteiger charge is 2.48. The van der Waals surface area contributed by atoms with Crippen molar-refractivity contribution in [2.75, 3.05) is 12.0 Å². The minimum Gasteiger partial charge on any atom is -0.507 e. The highest BCUT2D eigenvalue weighted by Crippen LogP contribution is 2.45. The second kappa shape index (κ2) is 12.0. The molecule has 1 fully saturated rings. The number of hydrogen-bond acceptors (Lipinski definition) is 8. The van der Waals surface area contributed by atoms with Crippen molar-refractivity contribution < 1.29 is 29.0 Å². The highest BCUT2D eigenvalue weighted by atomic mass is 35.5. The summed E-state index contributed by atoms with van der Waals surface area (Å²) in [5, 5.41) is 12.0. The first kappa shape index (κ1) is 29.3. The first-order valence-corrected chi connectivity index (χ1v) is 14.3. The fourth-order valence-corrected chi connectivity index (χ4v) is 5.95. The molecular formula is C31H24Cl2N2O6S. The van der Waals surface area contributed by atoms with Gasteiger partial charge in [0.25, 0.3) is 5.78 Å². The zero-order chi connectivity index (χ0) is 30.1. The number of anilines is 1. The number of ether oxygens (including phenoxy) is 2. The largest absolute Gasteiger partial charge is 0.507 e. The number of ketones is 1. The van der Waals surface area contributed by atoms with Crippen LogP contribution in [0.4, 0.5) is 5.13 Å². The minimum atomic E-state index is -1.10. The van der Waals surface area contributed by atoms with Crippen LogP contribution in [-0.4, -0.2) is 34.9 Å². The number of aryl methyl sites for hydroxylation is 2. The van der Waals surface area contributed by atoms with Gasteiger partial charge in [0.15, 0.2) is 5.13 Å². The average Bonchev–Trinajstić information content (AvgIpc) is 3.49. The molecule has 0 radical (unpaired) electrons. The maximum absolute atomic E-state index is 13.5. The van der Waals surface area contributed by atoms with Crippen LogP contribution in [0.1, 0.15) is 43.7 Å². The van der Waals surface area contributed by atoms with Crippen LogP contribution in [0.15, 0.2) is 72.3 Å². The van der Waals surface area contributed by atoms with E-state index in [4.69, 9.17) is 32.7 Å². The Kier molecular flexibility index (Phi) is 8.36. The standard InChI is InChI=1S/C31H24Cl2N2O6S/c1-16-5-4-6-18(13-16)15-41-21-10-7-19(8-11-21)26(36)24-25(20-9-12-22(32)23(33)14-20)35(29(38)27(24)37)31-34-17(2)28(42-31)30(39)40-3/h4-14,25,36H,15H2,1-3H3. The summed E-state index contributed by atoms with van der Waals surface area (Å²) >= 11 is 13.4. The van der Waals surface area contributed by atoms with Gasteiger partial charge >= 0.3 is 11.9 Å². The Labute approximate surface area is 255 Å². The Hall–Kier alpha value is -4.18. The number of aliphatic hydroxyl groups excluding tert-OH is 1. The van der Waals surface area contributed by atoms with Gasteiger partial charge in [0.05, 0.1) is 34.5 Å². The summed E-state index contributed by atoms with van der Waals surface area (Å²) in [4.78, 5) is 44.9. The predicted octanol–water partition coefficient (Wildman–Crippen LogP) is 7.06. The van der Waals surface area contributed by atoms with Gasteiger partial charge in [-0.1, -0.05) is 70.4 Å². The van der Waals surface area contributed by atoms with Crippen molar-refractivity contribution >= 4 is 63.1 Å². The molecule has 1 aromatic heterocycles. The van der Waals surface area contributed by atoms with E-state index in [0.717, 1.165) is 27.4 Å². The number of amides is 1. The Morgan fingerprint density at radius 1 is 1.02 bits per heavy atom. The molecule has 0 bridgehead atoms. The van der Waals surface area contributed by atoms with Crippen LogP contribution in [0.3, 0.4) is 0 Å². The highest BCUT2D eigenvalue weighted by molar-refractivity contribution is 7.17. The number of carbonyl (C=O) groups excluding carboxylic acids is 3. The molecule has 1 N–H and O–H groups in total. The first-order valence-electron chi connectivity index (χ1n) is 12.7.